The molecule has 0 spiro atoms. The van der Waals surface area contributed by atoms with Crippen LogP contribution in [0.2, 0.25) is 0 Å². The van der Waals surface area contributed by atoms with Gasteiger partial charge in [-0.05, 0) is 68.7 Å². The summed E-state index contributed by atoms with van der Waals surface area (Å²) in [5.74, 6) is 0.227. The first-order valence-electron chi connectivity index (χ1n) is 9.81. The van der Waals surface area contributed by atoms with E-state index in [9.17, 15) is 4.79 Å². The number of thioether (sulfide) groups is 1. The highest BCUT2D eigenvalue weighted by Gasteiger charge is 2.33. The van der Waals surface area contributed by atoms with E-state index in [-0.39, 0.29) is 5.91 Å². The third kappa shape index (κ3) is 3.52. The lowest BCUT2D eigenvalue weighted by molar-refractivity contribution is -0.130. The molecule has 2 fully saturated rings. The molecule has 2 saturated heterocycles. The van der Waals surface area contributed by atoms with Gasteiger partial charge in [0.25, 0.3) is 0 Å². The monoisotopic (exact) mass is 371 g/mol. The fourth-order valence-electron chi connectivity index (χ4n) is 4.78. The molecule has 2 aliphatic heterocycles. The number of amides is 1. The molecule has 0 unspecified atom stereocenters. The molecule has 0 bridgehead atoms. The number of nitrogens with one attached hydrogen (secondary N) is 1. The van der Waals surface area contributed by atoms with Crippen LogP contribution in [0.4, 0.5) is 0 Å². The van der Waals surface area contributed by atoms with Gasteiger partial charge in [-0.15, -0.1) is 11.8 Å². The average Bonchev–Trinajstić information content (AvgIpc) is 3.29. The summed E-state index contributed by atoms with van der Waals surface area (Å²) >= 11 is 1.81. The van der Waals surface area contributed by atoms with Gasteiger partial charge >= 0.3 is 0 Å². The SMILES string of the molecule is CSc1ccc2[nH]cc(C[C@H]3CCCN3C3CCN(C(C)=O)CC3)c2c1. The predicted molar refractivity (Wildman–Crippen MR) is 109 cm³/mol. The molecule has 140 valence electrons. The molecule has 1 N–H and O–H groups in total. The summed E-state index contributed by atoms with van der Waals surface area (Å²) in [7, 11) is 0. The van der Waals surface area contributed by atoms with Crippen molar-refractivity contribution in [1.29, 1.82) is 0 Å². The molecule has 3 heterocycles. The third-order valence-corrected chi connectivity index (χ3v) is 6.96. The van der Waals surface area contributed by atoms with E-state index >= 15 is 0 Å². The Morgan fingerprint density at radius 1 is 1.23 bits per heavy atom. The van der Waals surface area contributed by atoms with Crippen LogP contribution in [0.15, 0.2) is 29.3 Å². The number of hydrogen-bond donors (Lipinski definition) is 1. The number of hydrogen-bond acceptors (Lipinski definition) is 3. The summed E-state index contributed by atoms with van der Waals surface area (Å²) in [5.41, 5.74) is 2.70. The number of piperidine rings is 1. The van der Waals surface area contributed by atoms with Crippen LogP contribution in [0.25, 0.3) is 10.9 Å². The molecular formula is C21H29N3OS. The van der Waals surface area contributed by atoms with Gasteiger partial charge in [-0.3, -0.25) is 9.69 Å². The van der Waals surface area contributed by atoms with Crippen molar-refractivity contribution < 1.29 is 4.79 Å². The summed E-state index contributed by atoms with van der Waals surface area (Å²) in [6, 6.07) is 8.01. The second-order valence-corrected chi connectivity index (χ2v) is 8.58. The number of nitrogens with zero attached hydrogens (tertiary/aromatic N) is 2. The van der Waals surface area contributed by atoms with Crippen molar-refractivity contribution in [3.63, 3.8) is 0 Å². The molecule has 1 amide bonds. The smallest absolute Gasteiger partial charge is 0.219 e. The van der Waals surface area contributed by atoms with Crippen LogP contribution in [-0.2, 0) is 11.2 Å². The maximum Gasteiger partial charge on any atom is 0.219 e. The molecule has 0 saturated carbocycles. The van der Waals surface area contributed by atoms with Crippen LogP contribution in [0.1, 0.15) is 38.2 Å². The van der Waals surface area contributed by atoms with E-state index in [1.807, 2.05) is 16.7 Å². The van der Waals surface area contributed by atoms with Gasteiger partial charge in [-0.2, -0.15) is 0 Å². The van der Waals surface area contributed by atoms with Crippen molar-refractivity contribution in [1.82, 2.24) is 14.8 Å². The van der Waals surface area contributed by atoms with Gasteiger partial charge in [0.15, 0.2) is 0 Å². The third-order valence-electron chi connectivity index (χ3n) is 6.23. The zero-order chi connectivity index (χ0) is 18.1. The lowest BCUT2D eigenvalue weighted by Gasteiger charge is -2.39. The summed E-state index contributed by atoms with van der Waals surface area (Å²) in [6.07, 6.45) is 10.3. The standard InChI is InChI=1S/C21H29N3OS/c1-15(25)23-10-7-17(8-11-23)24-9-3-4-18(24)12-16-14-22-21-6-5-19(26-2)13-20(16)21/h5-6,13-14,17-18,22H,3-4,7-12H2,1-2H3/t18-/m1/s1. The van der Waals surface area contributed by atoms with E-state index in [0.717, 1.165) is 32.4 Å². The van der Waals surface area contributed by atoms with Crippen molar-refractivity contribution in [2.75, 3.05) is 25.9 Å². The highest BCUT2D eigenvalue weighted by Crippen LogP contribution is 2.31. The summed E-state index contributed by atoms with van der Waals surface area (Å²) in [4.78, 5) is 21.1. The second-order valence-electron chi connectivity index (χ2n) is 7.70. The zero-order valence-electron chi connectivity index (χ0n) is 15.8. The van der Waals surface area contributed by atoms with E-state index < -0.39 is 0 Å². The number of aromatic nitrogens is 1. The molecular weight excluding hydrogens is 342 g/mol. The molecule has 26 heavy (non-hydrogen) atoms. The van der Waals surface area contributed by atoms with Gasteiger partial charge in [-0.25, -0.2) is 0 Å². The quantitative estimate of drug-likeness (QED) is 0.829. The number of likely N-dealkylation sites (tertiary alicyclic amines) is 2. The van der Waals surface area contributed by atoms with Gasteiger partial charge in [0.05, 0.1) is 0 Å². The molecule has 1 aromatic heterocycles. The molecule has 2 aromatic rings. The van der Waals surface area contributed by atoms with Crippen LogP contribution in [-0.4, -0.2) is 58.7 Å². The Morgan fingerprint density at radius 2 is 2.04 bits per heavy atom. The molecule has 2 aliphatic rings. The number of aromatic amines is 1. The van der Waals surface area contributed by atoms with Crippen molar-refractivity contribution in [2.45, 2.75) is 56.0 Å². The topological polar surface area (TPSA) is 39.3 Å². The van der Waals surface area contributed by atoms with Crippen molar-refractivity contribution in [3.8, 4) is 0 Å². The van der Waals surface area contributed by atoms with Gasteiger partial charge < -0.3 is 9.88 Å². The Labute approximate surface area is 160 Å². The molecule has 1 aromatic carbocycles. The van der Waals surface area contributed by atoms with Gasteiger partial charge in [0, 0.05) is 54.1 Å². The number of carbonyl (C=O) groups is 1. The van der Waals surface area contributed by atoms with Crippen molar-refractivity contribution in [2.24, 2.45) is 0 Å². The normalized spacial score (nSPS) is 22.4. The summed E-state index contributed by atoms with van der Waals surface area (Å²) < 4.78 is 0. The molecule has 1 atom stereocenters. The Hall–Kier alpha value is -1.46. The minimum absolute atomic E-state index is 0.227. The molecule has 0 aliphatic carbocycles. The number of H-pyrrole nitrogens is 1. The number of fused-ring (bicyclic) bond motifs is 1. The van der Waals surface area contributed by atoms with Crippen LogP contribution in [0, 0.1) is 0 Å². The van der Waals surface area contributed by atoms with Gasteiger partial charge in [-0.1, -0.05) is 0 Å². The van der Waals surface area contributed by atoms with Gasteiger partial charge in [0.1, 0.15) is 0 Å². The van der Waals surface area contributed by atoms with E-state index in [1.54, 1.807) is 6.92 Å². The fraction of sp³-hybridized carbons (Fsp3) is 0.571. The fourth-order valence-corrected chi connectivity index (χ4v) is 5.22. The first-order valence-corrected chi connectivity index (χ1v) is 11.0. The van der Waals surface area contributed by atoms with E-state index in [2.05, 4.69) is 40.5 Å². The lowest BCUT2D eigenvalue weighted by atomic mass is 9.98. The van der Waals surface area contributed by atoms with Gasteiger partial charge in [0.2, 0.25) is 5.91 Å². The van der Waals surface area contributed by atoms with E-state index in [1.165, 1.54) is 40.7 Å². The second kappa shape index (κ2) is 7.65. The minimum atomic E-state index is 0.227. The van der Waals surface area contributed by atoms with Crippen molar-refractivity contribution in [3.05, 3.63) is 30.0 Å². The van der Waals surface area contributed by atoms with Crippen LogP contribution in [0.3, 0.4) is 0 Å². The average molecular weight is 372 g/mol. The zero-order valence-corrected chi connectivity index (χ0v) is 16.6. The largest absolute Gasteiger partial charge is 0.361 e. The van der Waals surface area contributed by atoms with Crippen molar-refractivity contribution >= 4 is 28.6 Å². The Balaban J connectivity index is 1.47. The molecule has 4 rings (SSSR count). The molecule has 4 nitrogen and oxygen atoms in total. The maximum atomic E-state index is 11.6. The summed E-state index contributed by atoms with van der Waals surface area (Å²) in [5, 5.41) is 1.38. The first kappa shape index (κ1) is 17.9. The lowest BCUT2D eigenvalue weighted by Crippen LogP contribution is -2.48. The number of carbonyl (C=O) groups excluding carboxylic acids is 1. The van der Waals surface area contributed by atoms with E-state index in [4.69, 9.17) is 0 Å². The van der Waals surface area contributed by atoms with Crippen LogP contribution < -0.4 is 0 Å². The minimum Gasteiger partial charge on any atom is -0.361 e. The Morgan fingerprint density at radius 3 is 2.77 bits per heavy atom. The van der Waals surface area contributed by atoms with Crippen LogP contribution in [0.5, 0.6) is 0 Å². The van der Waals surface area contributed by atoms with E-state index in [0.29, 0.717) is 12.1 Å². The predicted octanol–water partition coefficient (Wildman–Crippen LogP) is 3.91. The molecule has 5 heteroatoms. The van der Waals surface area contributed by atoms with Crippen LogP contribution >= 0.6 is 11.8 Å². The number of benzene rings is 1. The number of rotatable bonds is 4. The maximum absolute atomic E-state index is 11.6. The highest BCUT2D eigenvalue weighted by molar-refractivity contribution is 7.98. The molecule has 0 radical (unpaired) electrons. The summed E-state index contributed by atoms with van der Waals surface area (Å²) in [6.45, 7) is 4.76. The Kier molecular flexibility index (Phi) is 5.28. The highest BCUT2D eigenvalue weighted by atomic mass is 32.2. The first-order chi connectivity index (χ1) is 12.7. The Bertz CT molecular complexity index is 779.